The third-order valence-electron chi connectivity index (χ3n) is 6.08. The number of carbonyl (C=O) groups excluding carboxylic acids is 2. The first-order valence-corrected chi connectivity index (χ1v) is 11.1. The second-order valence-corrected chi connectivity index (χ2v) is 8.29. The maximum absolute atomic E-state index is 12.7. The van der Waals surface area contributed by atoms with E-state index in [-0.39, 0.29) is 24.3 Å². The van der Waals surface area contributed by atoms with E-state index in [1.807, 2.05) is 48.7 Å². The number of benzene rings is 1. The molecule has 1 saturated heterocycles. The van der Waals surface area contributed by atoms with Gasteiger partial charge < -0.3 is 15.1 Å². The Balaban J connectivity index is 1.36. The van der Waals surface area contributed by atoms with Crippen LogP contribution < -0.4 is 10.2 Å². The molecule has 1 aromatic carbocycles. The number of rotatable bonds is 5. The molecule has 0 bridgehead atoms. The molecule has 0 aliphatic carbocycles. The highest BCUT2D eigenvalue weighted by Crippen LogP contribution is 2.32. The van der Waals surface area contributed by atoms with E-state index in [0.29, 0.717) is 6.54 Å². The Morgan fingerprint density at radius 2 is 1.84 bits per heavy atom. The number of aromatic nitrogens is 1. The highest BCUT2D eigenvalue weighted by atomic mass is 16.2. The van der Waals surface area contributed by atoms with Crippen molar-refractivity contribution < 1.29 is 9.59 Å². The molecule has 1 fully saturated rings. The summed E-state index contributed by atoms with van der Waals surface area (Å²) >= 11 is 0. The van der Waals surface area contributed by atoms with Gasteiger partial charge in [-0.3, -0.25) is 9.59 Å². The summed E-state index contributed by atoms with van der Waals surface area (Å²) in [5.74, 6) is 0.856. The van der Waals surface area contributed by atoms with E-state index >= 15 is 0 Å². The smallest absolute Gasteiger partial charge is 0.223 e. The lowest BCUT2D eigenvalue weighted by atomic mass is 9.93. The normalized spacial score (nSPS) is 18.3. The summed E-state index contributed by atoms with van der Waals surface area (Å²) in [6, 6.07) is 11.7. The maximum Gasteiger partial charge on any atom is 0.223 e. The number of anilines is 1. The molecule has 0 spiro atoms. The van der Waals surface area contributed by atoms with E-state index in [9.17, 15) is 9.59 Å². The van der Waals surface area contributed by atoms with Crippen LogP contribution in [0.15, 0.2) is 48.8 Å². The van der Waals surface area contributed by atoms with E-state index in [4.69, 9.17) is 0 Å². The molecule has 0 radical (unpaired) electrons. The first kappa shape index (κ1) is 21.1. The molecule has 0 saturated carbocycles. The lowest BCUT2D eigenvalue weighted by molar-refractivity contribution is -0.130. The molecule has 2 aliphatic rings. The Kier molecular flexibility index (Phi) is 6.65. The zero-order chi connectivity index (χ0) is 21.6. The van der Waals surface area contributed by atoms with Crippen LogP contribution in [0.3, 0.4) is 0 Å². The van der Waals surface area contributed by atoms with Crippen molar-refractivity contribution in [3.05, 3.63) is 65.5 Å². The quantitative estimate of drug-likeness (QED) is 0.796. The molecule has 2 aliphatic heterocycles. The zero-order valence-electron chi connectivity index (χ0n) is 18.1. The van der Waals surface area contributed by atoms with Crippen LogP contribution in [0.2, 0.25) is 0 Å². The van der Waals surface area contributed by atoms with Crippen molar-refractivity contribution >= 4 is 23.7 Å². The Bertz CT molecular complexity index is 946. The van der Waals surface area contributed by atoms with Crippen LogP contribution in [0.1, 0.15) is 61.8 Å². The van der Waals surface area contributed by atoms with Crippen LogP contribution in [0.5, 0.6) is 0 Å². The van der Waals surface area contributed by atoms with Crippen molar-refractivity contribution in [2.24, 2.45) is 0 Å². The van der Waals surface area contributed by atoms with Gasteiger partial charge in [-0.1, -0.05) is 43.2 Å². The fraction of sp³-hybridized carbons (Fsp3) is 0.400. The van der Waals surface area contributed by atoms with Gasteiger partial charge in [0, 0.05) is 39.0 Å². The van der Waals surface area contributed by atoms with Gasteiger partial charge in [-0.25, -0.2) is 4.98 Å². The molecule has 4 rings (SSSR count). The Labute approximate surface area is 184 Å². The second-order valence-electron chi connectivity index (χ2n) is 8.29. The van der Waals surface area contributed by atoms with Crippen molar-refractivity contribution in [3.8, 4) is 0 Å². The average molecular weight is 419 g/mol. The number of pyridine rings is 1. The van der Waals surface area contributed by atoms with Gasteiger partial charge in [0.05, 0.1) is 12.5 Å². The first-order valence-electron chi connectivity index (χ1n) is 11.1. The number of hydrogen-bond acceptors (Lipinski definition) is 4. The van der Waals surface area contributed by atoms with Gasteiger partial charge in [0.1, 0.15) is 5.82 Å². The standard InChI is InChI=1S/C25H30N4O2/c1-19(30)29-15-12-21-8-4-5-9-22(21)23(29)16-25(31)27-18-20-10-11-24(26-17-20)28-13-6-2-3-7-14-28/h4-5,8-12,15,17,23H,2-3,6-7,13-14,16,18H2,1H3,(H,27,31)/t23-/m1/s1. The van der Waals surface area contributed by atoms with Gasteiger partial charge in [-0.05, 0) is 41.7 Å². The van der Waals surface area contributed by atoms with Crippen molar-refractivity contribution in [1.29, 1.82) is 0 Å². The molecule has 162 valence electrons. The number of nitrogens with one attached hydrogen (secondary N) is 1. The third-order valence-corrected chi connectivity index (χ3v) is 6.08. The summed E-state index contributed by atoms with van der Waals surface area (Å²) in [4.78, 5) is 33.4. The molecular formula is C25H30N4O2. The summed E-state index contributed by atoms with van der Waals surface area (Å²) in [7, 11) is 0. The zero-order valence-corrected chi connectivity index (χ0v) is 18.1. The summed E-state index contributed by atoms with van der Waals surface area (Å²) < 4.78 is 0. The highest BCUT2D eigenvalue weighted by molar-refractivity contribution is 5.81. The summed E-state index contributed by atoms with van der Waals surface area (Å²) in [5.41, 5.74) is 3.02. The Hall–Kier alpha value is -3.15. The van der Waals surface area contributed by atoms with Gasteiger partial charge >= 0.3 is 0 Å². The molecule has 6 nitrogen and oxygen atoms in total. The molecule has 2 aromatic rings. The van der Waals surface area contributed by atoms with Crippen LogP contribution in [0.25, 0.3) is 6.08 Å². The largest absolute Gasteiger partial charge is 0.357 e. The number of amides is 2. The number of fused-ring (bicyclic) bond motifs is 1. The molecule has 31 heavy (non-hydrogen) atoms. The van der Waals surface area contributed by atoms with Gasteiger partial charge in [0.15, 0.2) is 0 Å². The van der Waals surface area contributed by atoms with Crippen molar-refractivity contribution in [1.82, 2.24) is 15.2 Å². The molecule has 1 aromatic heterocycles. The summed E-state index contributed by atoms with van der Waals surface area (Å²) in [5, 5.41) is 2.99. The monoisotopic (exact) mass is 418 g/mol. The average Bonchev–Trinajstić information content (AvgIpc) is 3.08. The Morgan fingerprint density at radius 1 is 1.06 bits per heavy atom. The van der Waals surface area contributed by atoms with Crippen molar-refractivity contribution in [2.45, 2.75) is 51.6 Å². The van der Waals surface area contributed by atoms with Crippen LogP contribution in [0, 0.1) is 0 Å². The van der Waals surface area contributed by atoms with Gasteiger partial charge in [-0.15, -0.1) is 0 Å². The van der Waals surface area contributed by atoms with E-state index < -0.39 is 0 Å². The molecule has 2 amide bonds. The molecular weight excluding hydrogens is 388 g/mol. The minimum atomic E-state index is -0.290. The molecule has 6 heteroatoms. The van der Waals surface area contributed by atoms with Crippen LogP contribution in [-0.2, 0) is 16.1 Å². The fourth-order valence-corrected chi connectivity index (χ4v) is 4.37. The van der Waals surface area contributed by atoms with E-state index in [1.165, 1.54) is 32.6 Å². The molecule has 1 N–H and O–H groups in total. The van der Waals surface area contributed by atoms with E-state index in [0.717, 1.165) is 35.6 Å². The fourth-order valence-electron chi connectivity index (χ4n) is 4.37. The molecule has 3 heterocycles. The number of nitrogens with zero attached hydrogens (tertiary/aromatic N) is 3. The lowest BCUT2D eigenvalue weighted by Gasteiger charge is -2.32. The SMILES string of the molecule is CC(=O)N1C=Cc2ccccc2[C@H]1CC(=O)NCc1ccc(N2CCCCCC2)nc1. The van der Waals surface area contributed by atoms with Crippen LogP contribution in [0.4, 0.5) is 5.82 Å². The lowest BCUT2D eigenvalue weighted by Crippen LogP contribution is -2.35. The Morgan fingerprint density at radius 3 is 2.55 bits per heavy atom. The number of hydrogen-bond donors (Lipinski definition) is 1. The van der Waals surface area contributed by atoms with E-state index in [1.54, 1.807) is 11.1 Å². The van der Waals surface area contributed by atoms with Gasteiger partial charge in [0.25, 0.3) is 0 Å². The van der Waals surface area contributed by atoms with E-state index in [2.05, 4.69) is 15.2 Å². The van der Waals surface area contributed by atoms with Crippen LogP contribution >= 0.6 is 0 Å². The topological polar surface area (TPSA) is 65.5 Å². The molecule has 0 unspecified atom stereocenters. The minimum absolute atomic E-state index is 0.0724. The first-order chi connectivity index (χ1) is 15.1. The maximum atomic E-state index is 12.7. The third kappa shape index (κ3) is 5.13. The number of carbonyl (C=O) groups is 2. The van der Waals surface area contributed by atoms with Gasteiger partial charge in [0.2, 0.25) is 11.8 Å². The second kappa shape index (κ2) is 9.77. The highest BCUT2D eigenvalue weighted by Gasteiger charge is 2.28. The predicted molar refractivity (Wildman–Crippen MR) is 122 cm³/mol. The van der Waals surface area contributed by atoms with Crippen molar-refractivity contribution in [3.63, 3.8) is 0 Å². The predicted octanol–water partition coefficient (Wildman–Crippen LogP) is 4.04. The van der Waals surface area contributed by atoms with Gasteiger partial charge in [-0.2, -0.15) is 0 Å². The van der Waals surface area contributed by atoms with Crippen LogP contribution in [-0.4, -0.2) is 34.8 Å². The summed E-state index contributed by atoms with van der Waals surface area (Å²) in [6.07, 6.45) is 10.8. The van der Waals surface area contributed by atoms with Crippen molar-refractivity contribution in [2.75, 3.05) is 18.0 Å². The minimum Gasteiger partial charge on any atom is -0.357 e. The molecule has 1 atom stereocenters. The summed E-state index contributed by atoms with van der Waals surface area (Å²) in [6.45, 7) is 4.08.